The zero-order valence-electron chi connectivity index (χ0n) is 14.6. The van der Waals surface area contributed by atoms with Crippen LogP contribution in [0.1, 0.15) is 12.0 Å². The van der Waals surface area contributed by atoms with E-state index in [1.165, 1.54) is 10.6 Å². The maximum atomic E-state index is 12.8. The van der Waals surface area contributed by atoms with Crippen molar-refractivity contribution in [1.29, 1.82) is 0 Å². The fourth-order valence-electron chi connectivity index (χ4n) is 3.54. The molecule has 0 aromatic heterocycles. The average molecular weight is 370 g/mol. The average Bonchev–Trinajstić information content (AvgIpc) is 2.98. The summed E-state index contributed by atoms with van der Waals surface area (Å²) < 4.78 is 5.26. The summed E-state index contributed by atoms with van der Waals surface area (Å²) in [4.78, 5) is 15.1. The fourth-order valence-corrected chi connectivity index (χ4v) is 3.76. The first kappa shape index (κ1) is 17.1. The lowest BCUT2D eigenvalue weighted by Gasteiger charge is -2.29. The van der Waals surface area contributed by atoms with E-state index in [0.29, 0.717) is 12.3 Å². The Kier molecular flexibility index (Phi) is 4.66. The molecule has 1 fully saturated rings. The smallest absolute Gasteiger partial charge is 0.256 e. The summed E-state index contributed by atoms with van der Waals surface area (Å²) in [6, 6.07) is 15.3. The first-order valence-electron chi connectivity index (χ1n) is 8.66. The van der Waals surface area contributed by atoms with Crippen molar-refractivity contribution < 1.29 is 9.53 Å². The van der Waals surface area contributed by atoms with Gasteiger partial charge in [-0.3, -0.25) is 9.69 Å². The Balaban J connectivity index is 1.51. The molecule has 134 valence electrons. The molecule has 0 saturated carbocycles. The second-order valence-corrected chi connectivity index (χ2v) is 7.06. The molecule has 0 radical (unpaired) electrons. The highest BCUT2D eigenvalue weighted by Crippen LogP contribution is 2.31. The minimum Gasteiger partial charge on any atom is -0.497 e. The van der Waals surface area contributed by atoms with E-state index in [4.69, 9.17) is 16.3 Å². The second-order valence-electron chi connectivity index (χ2n) is 6.62. The Morgan fingerprint density at radius 2 is 2.08 bits per heavy atom. The summed E-state index contributed by atoms with van der Waals surface area (Å²) >= 11 is 6.08. The zero-order chi connectivity index (χ0) is 18.1. The lowest BCUT2D eigenvalue weighted by atomic mass is 9.94. The molecule has 2 heterocycles. The summed E-state index contributed by atoms with van der Waals surface area (Å²) in [5.41, 5.74) is 2.86. The molecule has 4 rings (SSSR count). The highest BCUT2D eigenvalue weighted by Gasteiger charge is 2.39. The van der Waals surface area contributed by atoms with Crippen LogP contribution >= 0.6 is 11.6 Å². The number of benzene rings is 2. The number of amides is 1. The van der Waals surface area contributed by atoms with Crippen molar-refractivity contribution in [3.8, 4) is 5.75 Å². The van der Waals surface area contributed by atoms with Gasteiger partial charge in [0.1, 0.15) is 5.75 Å². The zero-order valence-corrected chi connectivity index (χ0v) is 15.3. The number of halogens is 1. The molecule has 1 atom stereocenters. The van der Waals surface area contributed by atoms with Crippen LogP contribution in [0.2, 0.25) is 5.02 Å². The van der Waals surface area contributed by atoms with Crippen molar-refractivity contribution in [1.82, 2.24) is 4.90 Å². The van der Waals surface area contributed by atoms with Crippen LogP contribution in [0.3, 0.4) is 0 Å². The lowest BCUT2D eigenvalue weighted by molar-refractivity contribution is -0.120. The van der Waals surface area contributed by atoms with Gasteiger partial charge in [0, 0.05) is 30.7 Å². The molecule has 6 heteroatoms. The normalized spacial score (nSPS) is 20.1. The van der Waals surface area contributed by atoms with Gasteiger partial charge in [0.25, 0.3) is 5.91 Å². The number of carbonyl (C=O) groups is 1. The predicted octanol–water partition coefficient (Wildman–Crippen LogP) is 3.57. The molecule has 0 spiro atoms. The maximum absolute atomic E-state index is 12.8. The topological polar surface area (TPSA) is 45.1 Å². The van der Waals surface area contributed by atoms with Gasteiger partial charge < -0.3 is 4.74 Å². The van der Waals surface area contributed by atoms with Crippen LogP contribution in [0, 0.1) is 5.92 Å². The molecule has 0 N–H and O–H groups in total. The Morgan fingerprint density at radius 3 is 2.88 bits per heavy atom. The van der Waals surface area contributed by atoms with E-state index in [1.54, 1.807) is 7.11 Å². The van der Waals surface area contributed by atoms with Crippen molar-refractivity contribution in [2.75, 3.05) is 25.2 Å². The Morgan fingerprint density at radius 1 is 1.23 bits per heavy atom. The van der Waals surface area contributed by atoms with E-state index < -0.39 is 0 Å². The maximum Gasteiger partial charge on any atom is 0.256 e. The number of likely N-dealkylation sites (tertiary alicyclic amines) is 1. The number of hydrogen-bond acceptors (Lipinski definition) is 4. The van der Waals surface area contributed by atoms with Crippen molar-refractivity contribution in [3.63, 3.8) is 0 Å². The third-order valence-corrected chi connectivity index (χ3v) is 5.09. The van der Waals surface area contributed by atoms with Crippen LogP contribution in [0.15, 0.2) is 53.6 Å². The van der Waals surface area contributed by atoms with Crippen molar-refractivity contribution in [3.05, 3.63) is 59.1 Å². The molecule has 2 aromatic carbocycles. The number of ether oxygens (including phenoxy) is 1. The third kappa shape index (κ3) is 3.32. The van der Waals surface area contributed by atoms with E-state index in [1.807, 2.05) is 42.5 Å². The molecule has 0 bridgehead atoms. The standard InChI is InChI=1S/C20H20ClN3O2/c1-26-17-7-3-6-16(11-17)24-20(25)18-8-9-23(13-19(18)22-24)12-14-4-2-5-15(21)10-14/h2-7,10-11,18H,8-9,12-13H2,1H3. The molecule has 1 saturated heterocycles. The minimum absolute atomic E-state index is 0.0515. The van der Waals surface area contributed by atoms with Crippen LogP contribution in [0.4, 0.5) is 5.69 Å². The Bertz CT molecular complexity index is 868. The quantitative estimate of drug-likeness (QED) is 0.827. The first-order valence-corrected chi connectivity index (χ1v) is 9.04. The summed E-state index contributed by atoms with van der Waals surface area (Å²) in [5.74, 6) is 0.653. The molecular formula is C20H20ClN3O2. The Hall–Kier alpha value is -2.37. The molecule has 2 aliphatic heterocycles. The summed E-state index contributed by atoms with van der Waals surface area (Å²) in [6.07, 6.45) is 0.790. The van der Waals surface area contributed by atoms with Crippen LogP contribution in [0.25, 0.3) is 0 Å². The molecule has 2 aromatic rings. The SMILES string of the molecule is COc1cccc(N2N=C3CN(Cc4cccc(Cl)c4)CCC3C2=O)c1. The van der Waals surface area contributed by atoms with E-state index in [2.05, 4.69) is 16.1 Å². The van der Waals surface area contributed by atoms with Gasteiger partial charge in [0.2, 0.25) is 0 Å². The molecule has 1 amide bonds. The highest BCUT2D eigenvalue weighted by atomic mass is 35.5. The molecule has 26 heavy (non-hydrogen) atoms. The third-order valence-electron chi connectivity index (χ3n) is 4.85. The number of methoxy groups -OCH3 is 1. The van der Waals surface area contributed by atoms with E-state index >= 15 is 0 Å². The van der Waals surface area contributed by atoms with E-state index in [0.717, 1.165) is 35.9 Å². The molecule has 1 unspecified atom stereocenters. The van der Waals surface area contributed by atoms with E-state index in [-0.39, 0.29) is 11.8 Å². The first-order chi connectivity index (χ1) is 12.6. The van der Waals surface area contributed by atoms with E-state index in [9.17, 15) is 4.79 Å². The number of hydrogen-bond donors (Lipinski definition) is 0. The minimum atomic E-state index is -0.114. The van der Waals surface area contributed by atoms with Gasteiger partial charge in [-0.05, 0) is 36.2 Å². The van der Waals surface area contributed by atoms with Crippen molar-refractivity contribution in [2.45, 2.75) is 13.0 Å². The number of piperidine rings is 1. The van der Waals surface area contributed by atoms with Crippen molar-refractivity contribution >= 4 is 28.9 Å². The van der Waals surface area contributed by atoms with Crippen LogP contribution < -0.4 is 9.75 Å². The van der Waals surface area contributed by atoms with Crippen LogP contribution in [-0.2, 0) is 11.3 Å². The number of rotatable bonds is 4. The summed E-state index contributed by atoms with van der Waals surface area (Å²) in [7, 11) is 1.62. The van der Waals surface area contributed by atoms with Gasteiger partial charge in [-0.15, -0.1) is 0 Å². The molecule has 5 nitrogen and oxygen atoms in total. The lowest BCUT2D eigenvalue weighted by Crippen LogP contribution is -2.41. The van der Waals surface area contributed by atoms with Crippen molar-refractivity contribution in [2.24, 2.45) is 11.0 Å². The second kappa shape index (κ2) is 7.09. The van der Waals surface area contributed by atoms with Gasteiger partial charge in [-0.1, -0.05) is 29.8 Å². The largest absolute Gasteiger partial charge is 0.497 e. The van der Waals surface area contributed by atoms with Crippen LogP contribution in [0.5, 0.6) is 5.75 Å². The van der Waals surface area contributed by atoms with Gasteiger partial charge in [-0.25, -0.2) is 5.01 Å². The number of nitrogens with zero attached hydrogens (tertiary/aromatic N) is 3. The number of anilines is 1. The van der Waals surface area contributed by atoms with Gasteiger partial charge >= 0.3 is 0 Å². The van der Waals surface area contributed by atoms with Gasteiger partial charge in [0.05, 0.1) is 24.4 Å². The predicted molar refractivity (Wildman–Crippen MR) is 103 cm³/mol. The van der Waals surface area contributed by atoms with Gasteiger partial charge in [-0.2, -0.15) is 5.10 Å². The molecule has 2 aliphatic rings. The number of hydrazone groups is 1. The summed E-state index contributed by atoms with van der Waals surface area (Å²) in [6.45, 7) is 2.37. The van der Waals surface area contributed by atoms with Gasteiger partial charge in [0.15, 0.2) is 0 Å². The number of fused-ring (bicyclic) bond motifs is 1. The monoisotopic (exact) mass is 369 g/mol. The fraction of sp³-hybridized carbons (Fsp3) is 0.300. The Labute approximate surface area is 157 Å². The summed E-state index contributed by atoms with van der Waals surface area (Å²) in [5, 5.41) is 6.89. The molecular weight excluding hydrogens is 350 g/mol. The number of carbonyl (C=O) groups excluding carboxylic acids is 1. The molecule has 0 aliphatic carbocycles. The van der Waals surface area contributed by atoms with Crippen LogP contribution in [-0.4, -0.2) is 36.7 Å². The highest BCUT2D eigenvalue weighted by molar-refractivity contribution is 6.30.